The smallest absolute Gasteiger partial charge is 0.224 e. The summed E-state index contributed by atoms with van der Waals surface area (Å²) in [5.74, 6) is 2.89. The number of thioether (sulfide) groups is 2. The molecule has 6 nitrogen and oxygen atoms in total. The van der Waals surface area contributed by atoms with Gasteiger partial charge in [0.2, 0.25) is 11.9 Å². The molecule has 28 heavy (non-hydrogen) atoms. The predicted molar refractivity (Wildman–Crippen MR) is 116 cm³/mol. The summed E-state index contributed by atoms with van der Waals surface area (Å²) in [6, 6.07) is 8.25. The Bertz CT molecular complexity index is 1080. The molecule has 0 unspecified atom stereocenters. The first-order chi connectivity index (χ1) is 13.5. The molecule has 1 amide bonds. The van der Waals surface area contributed by atoms with Crippen LogP contribution in [0.25, 0.3) is 22.2 Å². The highest BCUT2D eigenvalue weighted by atomic mass is 35.5. The number of nitrogens with zero attached hydrogens (tertiary/aromatic N) is 3. The number of amides is 1. The molecule has 2 aromatic carbocycles. The van der Waals surface area contributed by atoms with E-state index < -0.39 is 0 Å². The van der Waals surface area contributed by atoms with E-state index in [0.717, 1.165) is 22.5 Å². The molecule has 0 saturated heterocycles. The lowest BCUT2D eigenvalue weighted by molar-refractivity contribution is -0.118. The summed E-state index contributed by atoms with van der Waals surface area (Å²) in [7, 11) is 0. The fourth-order valence-electron chi connectivity index (χ4n) is 3.30. The van der Waals surface area contributed by atoms with E-state index in [2.05, 4.69) is 27.1 Å². The average Bonchev–Trinajstić information content (AvgIpc) is 2.65. The second kappa shape index (κ2) is 8.14. The zero-order valence-electron chi connectivity index (χ0n) is 14.9. The Morgan fingerprint density at radius 3 is 2.86 bits per heavy atom. The molecule has 0 bridgehead atoms. The number of halogens is 1. The molecule has 0 fully saturated rings. The molecule has 4 N–H and O–H groups in total. The first kappa shape index (κ1) is 19.3. The minimum Gasteiger partial charge on any atom is -0.370 e. The maximum absolute atomic E-state index is 10.9. The molecule has 4 rings (SSSR count). The van der Waals surface area contributed by atoms with Crippen molar-refractivity contribution in [3.8, 4) is 11.4 Å². The maximum Gasteiger partial charge on any atom is 0.224 e. The van der Waals surface area contributed by atoms with E-state index in [1.54, 1.807) is 0 Å². The highest BCUT2D eigenvalue weighted by Gasteiger charge is 2.20. The SMILES string of the molecule is NC(=O)CCCSc1nc(N)nc(-c2c(Cl)cc3c4c(cccc24)CSC3)n1. The van der Waals surface area contributed by atoms with Crippen molar-refractivity contribution < 1.29 is 4.79 Å². The van der Waals surface area contributed by atoms with Crippen LogP contribution in [0.15, 0.2) is 29.4 Å². The summed E-state index contributed by atoms with van der Waals surface area (Å²) in [4.78, 5) is 24.0. The van der Waals surface area contributed by atoms with Gasteiger partial charge in [0, 0.05) is 29.2 Å². The van der Waals surface area contributed by atoms with Gasteiger partial charge in [0.15, 0.2) is 11.0 Å². The predicted octanol–water partition coefficient (Wildman–Crippen LogP) is 4.03. The van der Waals surface area contributed by atoms with E-state index >= 15 is 0 Å². The molecule has 0 radical (unpaired) electrons. The van der Waals surface area contributed by atoms with Crippen LogP contribution in [0.1, 0.15) is 24.0 Å². The van der Waals surface area contributed by atoms with Gasteiger partial charge < -0.3 is 11.5 Å². The third kappa shape index (κ3) is 3.90. The zero-order valence-corrected chi connectivity index (χ0v) is 17.3. The van der Waals surface area contributed by atoms with Crippen LogP contribution in [0.3, 0.4) is 0 Å². The van der Waals surface area contributed by atoms with Crippen LogP contribution in [0, 0.1) is 0 Å². The largest absolute Gasteiger partial charge is 0.370 e. The van der Waals surface area contributed by atoms with Gasteiger partial charge in [-0.2, -0.15) is 21.7 Å². The van der Waals surface area contributed by atoms with E-state index in [0.29, 0.717) is 34.6 Å². The third-order valence-electron chi connectivity index (χ3n) is 4.45. The molecule has 2 heterocycles. The molecular weight excluding hydrogens is 414 g/mol. The summed E-state index contributed by atoms with van der Waals surface area (Å²) in [5, 5.41) is 3.39. The van der Waals surface area contributed by atoms with Crippen LogP contribution in [-0.2, 0) is 16.3 Å². The molecular formula is C19H18ClN5OS2. The Morgan fingerprint density at radius 1 is 1.21 bits per heavy atom. The van der Waals surface area contributed by atoms with E-state index in [1.165, 1.54) is 28.3 Å². The van der Waals surface area contributed by atoms with Crippen LogP contribution < -0.4 is 11.5 Å². The fraction of sp³-hybridized carbons (Fsp3) is 0.263. The van der Waals surface area contributed by atoms with Gasteiger partial charge in [0.25, 0.3) is 0 Å². The van der Waals surface area contributed by atoms with Gasteiger partial charge in [-0.3, -0.25) is 4.79 Å². The molecule has 9 heteroatoms. The number of nitrogens with two attached hydrogens (primary N) is 2. The fourth-order valence-corrected chi connectivity index (χ4v) is 5.41. The molecule has 1 aliphatic rings. The topological polar surface area (TPSA) is 108 Å². The number of primary amides is 1. The second-order valence-electron chi connectivity index (χ2n) is 6.44. The number of hydrogen-bond acceptors (Lipinski definition) is 7. The Balaban J connectivity index is 1.75. The van der Waals surface area contributed by atoms with Gasteiger partial charge >= 0.3 is 0 Å². The number of anilines is 1. The number of benzene rings is 2. The Morgan fingerprint density at radius 2 is 2.04 bits per heavy atom. The summed E-state index contributed by atoms with van der Waals surface area (Å²) >= 11 is 9.96. The first-order valence-electron chi connectivity index (χ1n) is 8.76. The Hall–Kier alpha value is -2.03. The second-order valence-corrected chi connectivity index (χ2v) is 8.90. The number of rotatable bonds is 6. The van der Waals surface area contributed by atoms with Gasteiger partial charge in [0.05, 0.1) is 5.02 Å². The van der Waals surface area contributed by atoms with E-state index in [4.69, 9.17) is 23.1 Å². The number of carbonyl (C=O) groups excluding carboxylic acids is 1. The molecule has 3 aromatic rings. The zero-order chi connectivity index (χ0) is 19.7. The third-order valence-corrected chi connectivity index (χ3v) is 6.71. The molecule has 0 saturated carbocycles. The number of aromatic nitrogens is 3. The van der Waals surface area contributed by atoms with Gasteiger partial charge in [-0.05, 0) is 34.4 Å². The highest BCUT2D eigenvalue weighted by molar-refractivity contribution is 7.99. The molecule has 1 aliphatic heterocycles. The molecule has 0 spiro atoms. The lowest BCUT2D eigenvalue weighted by atomic mass is 9.96. The van der Waals surface area contributed by atoms with Crippen molar-refractivity contribution >= 4 is 57.8 Å². The van der Waals surface area contributed by atoms with E-state index in [1.807, 2.05) is 23.9 Å². The van der Waals surface area contributed by atoms with Crippen molar-refractivity contribution in [2.24, 2.45) is 5.73 Å². The van der Waals surface area contributed by atoms with Crippen molar-refractivity contribution in [2.75, 3.05) is 11.5 Å². The normalized spacial score (nSPS) is 13.0. The summed E-state index contributed by atoms with van der Waals surface area (Å²) in [5.41, 5.74) is 14.4. The van der Waals surface area contributed by atoms with Gasteiger partial charge in [-0.25, -0.2) is 4.98 Å². The van der Waals surface area contributed by atoms with Gasteiger partial charge in [-0.1, -0.05) is 41.6 Å². The molecule has 0 atom stereocenters. The van der Waals surface area contributed by atoms with Crippen LogP contribution in [0.2, 0.25) is 5.02 Å². The van der Waals surface area contributed by atoms with E-state index in [-0.39, 0.29) is 11.9 Å². The van der Waals surface area contributed by atoms with Crippen LogP contribution in [-0.4, -0.2) is 26.6 Å². The van der Waals surface area contributed by atoms with Crippen molar-refractivity contribution in [1.29, 1.82) is 0 Å². The van der Waals surface area contributed by atoms with Crippen LogP contribution in [0.5, 0.6) is 0 Å². The minimum atomic E-state index is -0.315. The average molecular weight is 432 g/mol. The van der Waals surface area contributed by atoms with Crippen molar-refractivity contribution in [2.45, 2.75) is 29.5 Å². The number of carbonyl (C=O) groups is 1. The lowest BCUT2D eigenvalue weighted by Gasteiger charge is -2.20. The molecule has 1 aromatic heterocycles. The van der Waals surface area contributed by atoms with Crippen molar-refractivity contribution in [3.05, 3.63) is 40.4 Å². The Kier molecular flexibility index (Phi) is 5.61. The van der Waals surface area contributed by atoms with Crippen molar-refractivity contribution in [3.63, 3.8) is 0 Å². The molecule has 0 aliphatic carbocycles. The minimum absolute atomic E-state index is 0.148. The monoisotopic (exact) mass is 431 g/mol. The number of nitrogen functional groups attached to an aromatic ring is 1. The standard InChI is InChI=1S/C19H18ClN5OS2/c20-13-7-11-9-27-8-10-3-1-4-12(15(10)11)16(13)17-23-18(22)25-19(24-17)28-6-2-5-14(21)26/h1,3-4,7H,2,5-6,8-9H2,(H2,21,26)(H2,22,23,24,25). The maximum atomic E-state index is 10.9. The lowest BCUT2D eigenvalue weighted by Crippen LogP contribution is -2.10. The first-order valence-corrected chi connectivity index (χ1v) is 11.3. The van der Waals surface area contributed by atoms with Crippen LogP contribution in [0.4, 0.5) is 5.95 Å². The summed E-state index contributed by atoms with van der Waals surface area (Å²) in [6.07, 6.45) is 0.986. The van der Waals surface area contributed by atoms with Gasteiger partial charge in [0.1, 0.15) is 0 Å². The van der Waals surface area contributed by atoms with Crippen LogP contribution >= 0.6 is 35.1 Å². The van der Waals surface area contributed by atoms with Gasteiger partial charge in [-0.15, -0.1) is 0 Å². The highest BCUT2D eigenvalue weighted by Crippen LogP contribution is 2.42. The number of hydrogen-bond donors (Lipinski definition) is 2. The van der Waals surface area contributed by atoms with Crippen molar-refractivity contribution in [1.82, 2.24) is 15.0 Å². The quantitative estimate of drug-likeness (QED) is 0.448. The Labute approximate surface area is 175 Å². The summed E-state index contributed by atoms with van der Waals surface area (Å²) in [6.45, 7) is 0. The summed E-state index contributed by atoms with van der Waals surface area (Å²) < 4.78 is 0. The van der Waals surface area contributed by atoms with E-state index in [9.17, 15) is 4.79 Å². The molecule has 144 valence electrons.